The maximum Gasteiger partial charge on any atom is 0.243 e. The zero-order valence-corrected chi connectivity index (χ0v) is 18.9. The second-order valence-corrected chi connectivity index (χ2v) is 10.2. The van der Waals surface area contributed by atoms with Crippen molar-refractivity contribution in [1.29, 1.82) is 0 Å². The molecule has 1 aliphatic heterocycles. The molecule has 1 fully saturated rings. The monoisotopic (exact) mass is 456 g/mol. The Labute approximate surface area is 186 Å². The molecule has 0 unspecified atom stereocenters. The number of fused-ring (bicyclic) bond motifs is 1. The van der Waals surface area contributed by atoms with Gasteiger partial charge in [0.1, 0.15) is 5.75 Å². The highest BCUT2D eigenvalue weighted by molar-refractivity contribution is 8.00. The number of nitrogens with zero attached hydrogens (tertiary/aromatic N) is 2. The number of sulfonamides is 1. The minimum Gasteiger partial charge on any atom is -0.497 e. The summed E-state index contributed by atoms with van der Waals surface area (Å²) in [6, 6.07) is 20.5. The van der Waals surface area contributed by atoms with Crippen LogP contribution in [0.25, 0.3) is 10.8 Å². The summed E-state index contributed by atoms with van der Waals surface area (Å²) in [6.45, 7) is 1.39. The third kappa shape index (κ3) is 4.87. The predicted molar refractivity (Wildman–Crippen MR) is 123 cm³/mol. The lowest BCUT2D eigenvalue weighted by molar-refractivity contribution is -0.129. The van der Waals surface area contributed by atoms with Crippen molar-refractivity contribution in [3.8, 4) is 5.75 Å². The van der Waals surface area contributed by atoms with Crippen molar-refractivity contribution in [2.24, 2.45) is 0 Å². The first-order valence-corrected chi connectivity index (χ1v) is 12.4. The number of carbonyl (C=O) groups is 1. The molecule has 0 aromatic heterocycles. The molecular weight excluding hydrogens is 432 g/mol. The van der Waals surface area contributed by atoms with Gasteiger partial charge in [-0.2, -0.15) is 4.31 Å². The van der Waals surface area contributed by atoms with E-state index in [2.05, 4.69) is 0 Å². The summed E-state index contributed by atoms with van der Waals surface area (Å²) >= 11 is 1.47. The fraction of sp³-hybridized carbons (Fsp3) is 0.261. The number of benzene rings is 3. The van der Waals surface area contributed by atoms with E-state index in [-0.39, 0.29) is 5.91 Å². The normalized spacial score (nSPS) is 15.2. The van der Waals surface area contributed by atoms with Crippen LogP contribution in [0.4, 0.5) is 0 Å². The Bertz CT molecular complexity index is 1170. The van der Waals surface area contributed by atoms with Crippen LogP contribution in [-0.2, 0) is 14.8 Å². The molecule has 1 amide bonds. The van der Waals surface area contributed by atoms with Gasteiger partial charge < -0.3 is 9.64 Å². The fourth-order valence-electron chi connectivity index (χ4n) is 3.56. The van der Waals surface area contributed by atoms with Crippen molar-refractivity contribution in [2.75, 3.05) is 39.0 Å². The van der Waals surface area contributed by atoms with Crippen LogP contribution >= 0.6 is 11.8 Å². The van der Waals surface area contributed by atoms with Crippen LogP contribution in [0.3, 0.4) is 0 Å². The SMILES string of the molecule is COc1ccc(SCC(=O)N2CCN(S(=O)(=O)c3ccc4ccccc4c3)CC2)cc1. The minimum atomic E-state index is -3.59. The number of thioether (sulfide) groups is 1. The lowest BCUT2D eigenvalue weighted by Gasteiger charge is -2.34. The van der Waals surface area contributed by atoms with Crippen LogP contribution in [0.2, 0.25) is 0 Å². The number of hydrogen-bond acceptors (Lipinski definition) is 5. The Hall–Kier alpha value is -2.55. The average Bonchev–Trinajstić information content (AvgIpc) is 2.82. The molecule has 162 valence electrons. The summed E-state index contributed by atoms with van der Waals surface area (Å²) in [5.41, 5.74) is 0. The fourth-order valence-corrected chi connectivity index (χ4v) is 5.82. The molecular formula is C23H24N2O4S2. The molecule has 4 rings (SSSR count). The summed E-state index contributed by atoms with van der Waals surface area (Å²) in [5.74, 6) is 1.12. The highest BCUT2D eigenvalue weighted by atomic mass is 32.2. The van der Waals surface area contributed by atoms with Crippen molar-refractivity contribution in [1.82, 2.24) is 9.21 Å². The van der Waals surface area contributed by atoms with Gasteiger partial charge in [-0.15, -0.1) is 11.8 Å². The topological polar surface area (TPSA) is 66.9 Å². The maximum atomic E-state index is 13.1. The molecule has 0 spiro atoms. The molecule has 8 heteroatoms. The van der Waals surface area contributed by atoms with E-state index in [0.29, 0.717) is 36.8 Å². The highest BCUT2D eigenvalue weighted by Gasteiger charge is 2.30. The quantitative estimate of drug-likeness (QED) is 0.532. The van der Waals surface area contributed by atoms with Gasteiger partial charge in [0, 0.05) is 31.1 Å². The number of piperazine rings is 1. The van der Waals surface area contributed by atoms with Gasteiger partial charge in [-0.25, -0.2) is 8.42 Å². The number of hydrogen-bond donors (Lipinski definition) is 0. The molecule has 0 radical (unpaired) electrons. The average molecular weight is 457 g/mol. The molecule has 0 saturated carbocycles. The van der Waals surface area contributed by atoms with Gasteiger partial charge in [0.15, 0.2) is 0 Å². The predicted octanol–water partition coefficient (Wildman–Crippen LogP) is 3.47. The zero-order valence-electron chi connectivity index (χ0n) is 17.2. The second kappa shape index (κ2) is 9.30. The van der Waals surface area contributed by atoms with E-state index in [1.165, 1.54) is 16.1 Å². The Morgan fingerprint density at radius 1 is 0.935 bits per heavy atom. The van der Waals surface area contributed by atoms with Crippen molar-refractivity contribution < 1.29 is 17.9 Å². The van der Waals surface area contributed by atoms with E-state index in [0.717, 1.165) is 21.4 Å². The number of carbonyl (C=O) groups excluding carboxylic acids is 1. The Morgan fingerprint density at radius 2 is 1.61 bits per heavy atom. The van der Waals surface area contributed by atoms with Crippen LogP contribution in [-0.4, -0.2) is 62.6 Å². The number of amides is 1. The summed E-state index contributed by atoms with van der Waals surface area (Å²) in [5, 5.41) is 1.90. The van der Waals surface area contributed by atoms with Gasteiger partial charge in [0.05, 0.1) is 17.8 Å². The number of ether oxygens (including phenoxy) is 1. The third-order valence-electron chi connectivity index (χ3n) is 5.37. The van der Waals surface area contributed by atoms with Crippen LogP contribution in [0.15, 0.2) is 76.5 Å². The Kier molecular flexibility index (Phi) is 6.50. The molecule has 31 heavy (non-hydrogen) atoms. The summed E-state index contributed by atoms with van der Waals surface area (Å²) in [6.07, 6.45) is 0. The van der Waals surface area contributed by atoms with Crippen molar-refractivity contribution in [3.05, 3.63) is 66.7 Å². The molecule has 3 aromatic carbocycles. The summed E-state index contributed by atoms with van der Waals surface area (Å²) < 4.78 is 32.8. The van der Waals surface area contributed by atoms with Gasteiger partial charge in [0.2, 0.25) is 15.9 Å². The van der Waals surface area contributed by atoms with E-state index >= 15 is 0 Å². The van der Waals surface area contributed by atoms with Crippen LogP contribution < -0.4 is 4.74 Å². The number of rotatable bonds is 6. The van der Waals surface area contributed by atoms with Crippen molar-refractivity contribution >= 4 is 38.5 Å². The molecule has 1 aliphatic rings. The molecule has 0 N–H and O–H groups in total. The van der Waals surface area contributed by atoms with Gasteiger partial charge >= 0.3 is 0 Å². The van der Waals surface area contributed by atoms with Gasteiger partial charge in [-0.05, 0) is 47.2 Å². The Morgan fingerprint density at radius 3 is 2.29 bits per heavy atom. The van der Waals surface area contributed by atoms with Crippen LogP contribution in [0.1, 0.15) is 0 Å². The first-order chi connectivity index (χ1) is 15.0. The molecule has 1 heterocycles. The van der Waals surface area contributed by atoms with E-state index in [4.69, 9.17) is 4.74 Å². The molecule has 1 saturated heterocycles. The lowest BCUT2D eigenvalue weighted by Crippen LogP contribution is -2.50. The lowest BCUT2D eigenvalue weighted by atomic mass is 10.1. The van der Waals surface area contributed by atoms with Crippen LogP contribution in [0, 0.1) is 0 Å². The first kappa shape index (κ1) is 21.7. The van der Waals surface area contributed by atoms with Crippen LogP contribution in [0.5, 0.6) is 5.75 Å². The largest absolute Gasteiger partial charge is 0.497 e. The minimum absolute atomic E-state index is 0.0172. The second-order valence-electron chi connectivity index (χ2n) is 7.26. The molecule has 0 bridgehead atoms. The van der Waals surface area contributed by atoms with Crippen molar-refractivity contribution in [2.45, 2.75) is 9.79 Å². The summed E-state index contributed by atoms with van der Waals surface area (Å²) in [4.78, 5) is 15.6. The summed E-state index contributed by atoms with van der Waals surface area (Å²) in [7, 11) is -1.97. The number of methoxy groups -OCH3 is 1. The van der Waals surface area contributed by atoms with E-state index < -0.39 is 10.0 Å². The van der Waals surface area contributed by atoms with E-state index in [1.54, 1.807) is 24.1 Å². The van der Waals surface area contributed by atoms with E-state index in [1.807, 2.05) is 54.6 Å². The molecule has 0 atom stereocenters. The van der Waals surface area contributed by atoms with E-state index in [9.17, 15) is 13.2 Å². The van der Waals surface area contributed by atoms with Gasteiger partial charge in [0.25, 0.3) is 0 Å². The zero-order chi connectivity index (χ0) is 21.8. The smallest absolute Gasteiger partial charge is 0.243 e. The van der Waals surface area contributed by atoms with Gasteiger partial charge in [-0.1, -0.05) is 30.3 Å². The molecule has 3 aromatic rings. The van der Waals surface area contributed by atoms with Crippen molar-refractivity contribution in [3.63, 3.8) is 0 Å². The third-order valence-corrected chi connectivity index (χ3v) is 8.26. The molecule has 0 aliphatic carbocycles. The maximum absolute atomic E-state index is 13.1. The highest BCUT2D eigenvalue weighted by Crippen LogP contribution is 2.24. The Balaban J connectivity index is 1.35. The molecule has 6 nitrogen and oxygen atoms in total. The van der Waals surface area contributed by atoms with Gasteiger partial charge in [-0.3, -0.25) is 4.79 Å². The first-order valence-electron chi connectivity index (χ1n) is 10.0. The standard InChI is InChI=1S/C23H24N2O4S2/c1-29-20-7-9-21(10-8-20)30-17-23(26)24-12-14-25(15-13-24)31(27,28)22-11-6-18-4-2-3-5-19(18)16-22/h2-11,16H,12-15,17H2,1H3.